The largest absolute Gasteiger partial charge is 0.367 e. The number of pyridine rings is 1. The maximum atomic E-state index is 12.0. The number of H-pyrrole nitrogens is 1. The van der Waals surface area contributed by atoms with Crippen molar-refractivity contribution in [3.63, 3.8) is 0 Å². The van der Waals surface area contributed by atoms with Crippen LogP contribution in [0.15, 0.2) is 48.8 Å². The highest BCUT2D eigenvalue weighted by molar-refractivity contribution is 9.11. The van der Waals surface area contributed by atoms with Crippen LogP contribution in [0, 0.1) is 0 Å². The van der Waals surface area contributed by atoms with Gasteiger partial charge < -0.3 is 10.3 Å². The summed E-state index contributed by atoms with van der Waals surface area (Å²) in [7, 11) is 0. The van der Waals surface area contributed by atoms with Crippen LogP contribution in [0.25, 0.3) is 0 Å². The number of rotatable bonds is 2. The zero-order chi connectivity index (χ0) is 14.0. The van der Waals surface area contributed by atoms with E-state index >= 15 is 0 Å². The average Bonchev–Trinajstić information content (AvgIpc) is 2.34. The number of carbonyl (C=O) groups is 1. The van der Waals surface area contributed by atoms with E-state index in [0.717, 1.165) is 4.47 Å². The first kappa shape index (κ1) is 14.5. The number of aromatic amines is 1. The van der Waals surface area contributed by atoms with Crippen molar-refractivity contribution in [3.05, 3.63) is 59.8 Å². The van der Waals surface area contributed by atoms with Crippen LogP contribution in [0.5, 0.6) is 0 Å². The summed E-state index contributed by atoms with van der Waals surface area (Å²) >= 11 is 10.1. The average molecular weight is 451 g/mol. The molecule has 0 atom stereocenters. The van der Waals surface area contributed by atoms with Gasteiger partial charge in [0.2, 0.25) is 0 Å². The number of hydrogen-bond acceptors (Lipinski definition) is 2. The summed E-state index contributed by atoms with van der Waals surface area (Å²) in [6.45, 7) is 0. The topological polar surface area (TPSA) is 62.0 Å². The molecule has 1 amide bonds. The zero-order valence-corrected chi connectivity index (χ0v) is 14.1. The van der Waals surface area contributed by atoms with Gasteiger partial charge in [-0.2, -0.15) is 0 Å². The quantitative estimate of drug-likeness (QED) is 0.728. The van der Waals surface area contributed by atoms with Crippen LogP contribution in [0.3, 0.4) is 0 Å². The molecule has 2 N–H and O–H groups in total. The number of hydrogen-bond donors (Lipinski definition) is 2. The van der Waals surface area contributed by atoms with Crippen molar-refractivity contribution < 1.29 is 4.79 Å². The van der Waals surface area contributed by atoms with E-state index in [1.54, 1.807) is 12.1 Å². The van der Waals surface area contributed by atoms with Crippen molar-refractivity contribution >= 4 is 59.4 Å². The summed E-state index contributed by atoms with van der Waals surface area (Å²) in [5.41, 5.74) is 0.293. The third-order valence-electron chi connectivity index (χ3n) is 2.31. The van der Waals surface area contributed by atoms with Gasteiger partial charge in [-0.3, -0.25) is 9.59 Å². The van der Waals surface area contributed by atoms with Crippen LogP contribution in [0.4, 0.5) is 5.69 Å². The van der Waals surface area contributed by atoms with E-state index < -0.39 is 5.91 Å². The predicted molar refractivity (Wildman–Crippen MR) is 84.6 cm³/mol. The Labute approximate surface area is 134 Å². The molecule has 0 aliphatic heterocycles. The predicted octanol–water partition coefficient (Wildman–Crippen LogP) is 3.91. The third kappa shape index (κ3) is 3.34. The standard InChI is InChI=1S/C12H7Br3N2O2/c13-6-3-8(14)11(9(15)4-6)17-12(19)7-5-16-2-1-10(7)18/h1-5H,(H,16,18)(H,17,19). The van der Waals surface area contributed by atoms with Gasteiger partial charge in [-0.05, 0) is 44.0 Å². The van der Waals surface area contributed by atoms with Crippen LogP contribution in [0.1, 0.15) is 10.4 Å². The van der Waals surface area contributed by atoms with Gasteiger partial charge >= 0.3 is 0 Å². The molecule has 98 valence electrons. The van der Waals surface area contributed by atoms with Gasteiger partial charge in [0, 0.05) is 31.9 Å². The summed E-state index contributed by atoms with van der Waals surface area (Å²) in [6, 6.07) is 4.91. The number of aromatic nitrogens is 1. The minimum Gasteiger partial charge on any atom is -0.367 e. The molecule has 0 fully saturated rings. The molecule has 0 unspecified atom stereocenters. The first-order chi connectivity index (χ1) is 8.99. The number of amides is 1. The second-order valence-electron chi connectivity index (χ2n) is 3.62. The lowest BCUT2D eigenvalue weighted by atomic mass is 10.2. The molecule has 0 saturated carbocycles. The fraction of sp³-hybridized carbons (Fsp3) is 0. The molecule has 0 spiro atoms. The Morgan fingerprint density at radius 2 is 1.79 bits per heavy atom. The molecule has 2 rings (SSSR count). The molecule has 7 heteroatoms. The highest BCUT2D eigenvalue weighted by Crippen LogP contribution is 2.34. The minimum absolute atomic E-state index is 0.0595. The van der Waals surface area contributed by atoms with Crippen molar-refractivity contribution in [2.75, 3.05) is 5.32 Å². The lowest BCUT2D eigenvalue weighted by Crippen LogP contribution is -2.21. The smallest absolute Gasteiger partial charge is 0.261 e. The number of anilines is 1. The van der Waals surface area contributed by atoms with E-state index in [4.69, 9.17) is 0 Å². The monoisotopic (exact) mass is 448 g/mol. The molecule has 1 aromatic heterocycles. The number of carbonyl (C=O) groups excluding carboxylic acids is 1. The van der Waals surface area contributed by atoms with Gasteiger partial charge in [-0.1, -0.05) is 15.9 Å². The molecular formula is C12H7Br3N2O2. The molecule has 1 heterocycles. The Morgan fingerprint density at radius 3 is 2.37 bits per heavy atom. The Hall–Kier alpha value is -0.920. The van der Waals surface area contributed by atoms with E-state index in [0.29, 0.717) is 14.6 Å². The Kier molecular flexibility index (Phi) is 4.59. The van der Waals surface area contributed by atoms with Gasteiger partial charge in [0.05, 0.1) is 5.69 Å². The summed E-state index contributed by atoms with van der Waals surface area (Å²) in [5.74, 6) is -0.467. The summed E-state index contributed by atoms with van der Waals surface area (Å²) in [4.78, 5) is 26.3. The van der Waals surface area contributed by atoms with E-state index in [2.05, 4.69) is 58.1 Å². The Morgan fingerprint density at radius 1 is 1.16 bits per heavy atom. The fourth-order valence-corrected chi connectivity index (χ4v) is 3.89. The van der Waals surface area contributed by atoms with E-state index in [9.17, 15) is 9.59 Å². The van der Waals surface area contributed by atoms with Gasteiger partial charge in [-0.25, -0.2) is 0 Å². The maximum Gasteiger partial charge on any atom is 0.261 e. The molecule has 2 aromatic rings. The SMILES string of the molecule is O=C(Nc1c(Br)cc(Br)cc1Br)c1c[nH]ccc1=O. The number of nitrogens with one attached hydrogen (secondary N) is 2. The molecule has 0 bridgehead atoms. The number of halogens is 3. The first-order valence-corrected chi connectivity index (χ1v) is 7.50. The molecule has 19 heavy (non-hydrogen) atoms. The second kappa shape index (κ2) is 6.02. The Balaban J connectivity index is 2.35. The van der Waals surface area contributed by atoms with E-state index in [1.165, 1.54) is 18.5 Å². The summed E-state index contributed by atoms with van der Waals surface area (Å²) < 4.78 is 2.27. The minimum atomic E-state index is -0.467. The van der Waals surface area contributed by atoms with E-state index in [1.807, 2.05) is 0 Å². The second-order valence-corrected chi connectivity index (χ2v) is 6.25. The lowest BCUT2D eigenvalue weighted by Gasteiger charge is -2.10. The highest BCUT2D eigenvalue weighted by atomic mass is 79.9. The van der Waals surface area contributed by atoms with Crippen molar-refractivity contribution in [1.29, 1.82) is 0 Å². The van der Waals surface area contributed by atoms with Gasteiger partial charge in [0.25, 0.3) is 5.91 Å². The van der Waals surface area contributed by atoms with Crippen LogP contribution >= 0.6 is 47.8 Å². The van der Waals surface area contributed by atoms with Gasteiger partial charge in [-0.15, -0.1) is 0 Å². The lowest BCUT2D eigenvalue weighted by molar-refractivity contribution is 0.102. The molecule has 0 radical (unpaired) electrons. The molecule has 0 saturated heterocycles. The van der Waals surface area contributed by atoms with Crippen LogP contribution in [0.2, 0.25) is 0 Å². The highest BCUT2D eigenvalue weighted by Gasteiger charge is 2.14. The summed E-state index contributed by atoms with van der Waals surface area (Å²) in [6.07, 6.45) is 2.85. The van der Waals surface area contributed by atoms with Crippen molar-refractivity contribution in [2.24, 2.45) is 0 Å². The van der Waals surface area contributed by atoms with Crippen LogP contribution in [-0.2, 0) is 0 Å². The normalized spacial score (nSPS) is 10.3. The van der Waals surface area contributed by atoms with Gasteiger partial charge in [0.15, 0.2) is 5.43 Å². The molecule has 1 aromatic carbocycles. The zero-order valence-electron chi connectivity index (χ0n) is 9.34. The maximum absolute atomic E-state index is 12.0. The molecular weight excluding hydrogens is 444 g/mol. The van der Waals surface area contributed by atoms with Crippen molar-refractivity contribution in [2.45, 2.75) is 0 Å². The van der Waals surface area contributed by atoms with Crippen molar-refractivity contribution in [3.8, 4) is 0 Å². The van der Waals surface area contributed by atoms with Crippen LogP contribution in [-0.4, -0.2) is 10.9 Å². The third-order valence-corrected chi connectivity index (χ3v) is 4.02. The molecule has 0 aliphatic rings. The van der Waals surface area contributed by atoms with Gasteiger partial charge in [0.1, 0.15) is 5.56 Å². The fourth-order valence-electron chi connectivity index (χ4n) is 1.44. The number of benzene rings is 1. The molecule has 4 nitrogen and oxygen atoms in total. The van der Waals surface area contributed by atoms with E-state index in [-0.39, 0.29) is 11.0 Å². The first-order valence-electron chi connectivity index (χ1n) is 5.12. The summed E-state index contributed by atoms with van der Waals surface area (Å²) in [5, 5.41) is 2.69. The Bertz CT molecular complexity index is 674. The van der Waals surface area contributed by atoms with Crippen molar-refractivity contribution in [1.82, 2.24) is 4.98 Å². The van der Waals surface area contributed by atoms with Crippen LogP contribution < -0.4 is 10.7 Å². The molecule has 0 aliphatic carbocycles.